The number of likely N-dealkylation sites (tertiary alicyclic amines) is 2. The molecule has 5 aromatic rings. The first-order valence-electron chi connectivity index (χ1n) is 24.3. The van der Waals surface area contributed by atoms with E-state index in [9.17, 15) is 28.8 Å². The van der Waals surface area contributed by atoms with E-state index < -0.39 is 23.7 Å². The van der Waals surface area contributed by atoms with Crippen LogP contribution in [0.25, 0.3) is 0 Å². The maximum absolute atomic E-state index is 14.2. The van der Waals surface area contributed by atoms with Crippen LogP contribution in [0.1, 0.15) is 92.3 Å². The van der Waals surface area contributed by atoms with E-state index in [4.69, 9.17) is 0 Å². The standard InChI is InChI=1S/C56H56N6O6/c63-51(57-47-25-39(47)33-13-5-1-6-14-33)43-29-61(30-44(43)52(64)58-48-26-40(48)34-15-7-2-8-16-34)55(67)37-21-23-38(24-22-37)56(68)62-31-45(53(65)59-49-27-41(49)35-17-9-3-10-18-35)46(32-62)54(66)60-50-28-42(50)36-19-11-4-12-20-36/h1-24,39-50H,25-32H2,(H,57,63)(H,58,64)(H,59,65)(H,60,66)/t39-,40-,41?,42?,43+,44+,45-,46-,47+,48+,49-,50-/m0/s1. The molecule has 0 aromatic heterocycles. The van der Waals surface area contributed by atoms with Gasteiger partial charge in [0.1, 0.15) is 0 Å². The average Bonchev–Trinajstić information content (AvgIpc) is 4.31. The molecule has 2 unspecified atom stereocenters. The molecule has 4 saturated carbocycles. The number of nitrogens with zero attached hydrogens (tertiary/aromatic N) is 2. The van der Waals surface area contributed by atoms with Crippen LogP contribution in [-0.2, 0) is 19.2 Å². The van der Waals surface area contributed by atoms with Crippen LogP contribution in [0.3, 0.4) is 0 Å². The molecule has 12 atom stereocenters. The second-order valence-corrected chi connectivity index (χ2v) is 19.9. The van der Waals surface area contributed by atoms with Gasteiger partial charge in [-0.1, -0.05) is 121 Å². The van der Waals surface area contributed by atoms with E-state index in [1.807, 2.05) is 72.8 Å². The molecule has 68 heavy (non-hydrogen) atoms. The van der Waals surface area contributed by atoms with Gasteiger partial charge in [-0.25, -0.2) is 0 Å². The molecule has 2 heterocycles. The van der Waals surface area contributed by atoms with Crippen molar-refractivity contribution in [1.82, 2.24) is 31.1 Å². The van der Waals surface area contributed by atoms with Crippen LogP contribution in [0, 0.1) is 23.7 Å². The lowest BCUT2D eigenvalue weighted by molar-refractivity contribution is -0.133. The normalized spacial score (nSPS) is 29.6. The minimum Gasteiger partial charge on any atom is -0.352 e. The molecule has 4 aliphatic carbocycles. The van der Waals surface area contributed by atoms with Crippen molar-refractivity contribution >= 4 is 35.4 Å². The van der Waals surface area contributed by atoms with Gasteiger partial charge in [-0.15, -0.1) is 0 Å². The van der Waals surface area contributed by atoms with Crippen LogP contribution in [-0.4, -0.2) is 95.6 Å². The molecule has 11 rings (SSSR count). The molecule has 6 amide bonds. The third-order valence-electron chi connectivity index (χ3n) is 15.3. The molecule has 6 fully saturated rings. The summed E-state index contributed by atoms with van der Waals surface area (Å²) < 4.78 is 0. The lowest BCUT2D eigenvalue weighted by atomic mass is 9.94. The van der Waals surface area contributed by atoms with Crippen molar-refractivity contribution in [1.29, 1.82) is 0 Å². The second kappa shape index (κ2) is 18.2. The topological polar surface area (TPSA) is 157 Å². The zero-order valence-corrected chi connectivity index (χ0v) is 37.8. The Hall–Kier alpha value is -7.08. The number of carbonyl (C=O) groups is 6. The van der Waals surface area contributed by atoms with Gasteiger partial charge in [-0.2, -0.15) is 0 Å². The first-order chi connectivity index (χ1) is 33.2. The number of rotatable bonds is 14. The Balaban J connectivity index is 0.756. The summed E-state index contributed by atoms with van der Waals surface area (Å²) in [7, 11) is 0. The van der Waals surface area contributed by atoms with E-state index in [0.717, 1.165) is 47.9 Å². The summed E-state index contributed by atoms with van der Waals surface area (Å²) in [5.41, 5.74) is 5.30. The van der Waals surface area contributed by atoms with Crippen LogP contribution in [0.15, 0.2) is 146 Å². The third-order valence-corrected chi connectivity index (χ3v) is 15.3. The Morgan fingerprint density at radius 2 is 0.544 bits per heavy atom. The quantitative estimate of drug-likeness (QED) is 0.111. The molecule has 6 aliphatic rings. The van der Waals surface area contributed by atoms with E-state index in [-0.39, 0.29) is 109 Å². The summed E-state index contributed by atoms with van der Waals surface area (Å²) in [6, 6.07) is 46.5. The largest absolute Gasteiger partial charge is 0.352 e. The van der Waals surface area contributed by atoms with Crippen LogP contribution in [0.5, 0.6) is 0 Å². The van der Waals surface area contributed by atoms with Crippen molar-refractivity contribution in [2.24, 2.45) is 23.7 Å². The number of carbonyl (C=O) groups excluding carboxylic acids is 6. The summed E-state index contributed by atoms with van der Waals surface area (Å²) in [5.74, 6) is -3.68. The van der Waals surface area contributed by atoms with Crippen LogP contribution < -0.4 is 21.3 Å². The minimum atomic E-state index is -0.732. The molecule has 346 valence electrons. The molecule has 0 spiro atoms. The smallest absolute Gasteiger partial charge is 0.253 e. The van der Waals surface area contributed by atoms with E-state index >= 15 is 0 Å². The van der Waals surface area contributed by atoms with Crippen molar-refractivity contribution in [3.63, 3.8) is 0 Å². The highest BCUT2D eigenvalue weighted by molar-refractivity contribution is 6.00. The van der Waals surface area contributed by atoms with Gasteiger partial charge in [0.25, 0.3) is 11.8 Å². The highest BCUT2D eigenvalue weighted by atomic mass is 16.2. The van der Waals surface area contributed by atoms with Gasteiger partial charge in [0.05, 0.1) is 23.7 Å². The maximum Gasteiger partial charge on any atom is 0.253 e. The van der Waals surface area contributed by atoms with Gasteiger partial charge in [0.2, 0.25) is 23.6 Å². The lowest BCUT2D eigenvalue weighted by Gasteiger charge is -2.18. The number of benzene rings is 5. The number of amides is 6. The Kier molecular flexibility index (Phi) is 11.6. The molecular formula is C56H56N6O6. The van der Waals surface area contributed by atoms with Gasteiger partial charge in [0.15, 0.2) is 0 Å². The van der Waals surface area contributed by atoms with Crippen molar-refractivity contribution in [2.75, 3.05) is 26.2 Å². The zero-order chi connectivity index (χ0) is 46.5. The summed E-state index contributed by atoms with van der Waals surface area (Å²) >= 11 is 0. The van der Waals surface area contributed by atoms with E-state index in [0.29, 0.717) is 11.1 Å². The monoisotopic (exact) mass is 908 g/mol. The molecule has 0 radical (unpaired) electrons. The number of hydrogen-bond acceptors (Lipinski definition) is 6. The highest BCUT2D eigenvalue weighted by Crippen LogP contribution is 2.44. The molecular weight excluding hydrogens is 853 g/mol. The Morgan fingerprint density at radius 3 is 0.765 bits per heavy atom. The van der Waals surface area contributed by atoms with Crippen LogP contribution >= 0.6 is 0 Å². The molecule has 12 nitrogen and oxygen atoms in total. The van der Waals surface area contributed by atoms with Gasteiger partial charge in [0, 0.05) is 85.1 Å². The first-order valence-corrected chi connectivity index (χ1v) is 24.3. The first kappa shape index (κ1) is 43.5. The SMILES string of the molecule is O=C(N[C@H]1CC1c1ccccc1)[C@H]1CN(C(=O)c2ccc(C(=O)N3C[C@@H](C(=O)N[C@@H]4C[C@H]4c4ccccc4)[C@H](C(=O)N[C@@H]4C[C@H]4c4ccccc4)C3)cc2)C[C@@H]1C(=O)N[C@H]1CC1c1ccccc1. The highest BCUT2D eigenvalue weighted by Gasteiger charge is 2.51. The van der Waals surface area contributed by atoms with Crippen molar-refractivity contribution < 1.29 is 28.8 Å². The van der Waals surface area contributed by atoms with Crippen molar-refractivity contribution in [3.8, 4) is 0 Å². The Labute approximate surface area is 396 Å². The molecule has 5 aromatic carbocycles. The number of hydrogen-bond donors (Lipinski definition) is 4. The van der Waals surface area contributed by atoms with E-state index in [2.05, 4.69) is 69.8 Å². The minimum absolute atomic E-state index is 0.0327. The number of nitrogens with one attached hydrogen (secondary N) is 4. The second-order valence-electron chi connectivity index (χ2n) is 19.9. The van der Waals surface area contributed by atoms with Gasteiger partial charge in [-0.05, 0) is 72.2 Å². The fourth-order valence-corrected chi connectivity index (χ4v) is 11.0. The lowest BCUT2D eigenvalue weighted by Crippen LogP contribution is -2.43. The predicted molar refractivity (Wildman–Crippen MR) is 255 cm³/mol. The summed E-state index contributed by atoms with van der Waals surface area (Å²) in [6.45, 7) is 0.331. The van der Waals surface area contributed by atoms with Gasteiger partial charge in [-0.3, -0.25) is 28.8 Å². The molecule has 0 bridgehead atoms. The average molecular weight is 909 g/mol. The fourth-order valence-electron chi connectivity index (χ4n) is 11.0. The fraction of sp³-hybridized carbons (Fsp3) is 0.357. The van der Waals surface area contributed by atoms with Gasteiger partial charge < -0.3 is 31.1 Å². The Morgan fingerprint density at radius 1 is 0.324 bits per heavy atom. The maximum atomic E-state index is 14.2. The van der Waals surface area contributed by atoms with Gasteiger partial charge >= 0.3 is 0 Å². The molecule has 12 heteroatoms. The van der Waals surface area contributed by atoms with Crippen LogP contribution in [0.2, 0.25) is 0 Å². The summed E-state index contributed by atoms with van der Waals surface area (Å²) in [6.07, 6.45) is 3.27. The van der Waals surface area contributed by atoms with E-state index in [1.54, 1.807) is 34.1 Å². The van der Waals surface area contributed by atoms with Crippen LogP contribution in [0.4, 0.5) is 0 Å². The predicted octanol–water partition coefficient (Wildman–Crippen LogP) is 5.75. The molecule has 2 aliphatic heterocycles. The van der Waals surface area contributed by atoms with Crippen molar-refractivity contribution in [2.45, 2.75) is 73.5 Å². The molecule has 2 saturated heterocycles. The third kappa shape index (κ3) is 9.16. The summed E-state index contributed by atoms with van der Waals surface area (Å²) in [4.78, 5) is 87.5. The Bertz CT molecular complexity index is 2370. The zero-order valence-electron chi connectivity index (χ0n) is 37.8. The molecule has 4 N–H and O–H groups in total. The van der Waals surface area contributed by atoms with E-state index in [1.165, 1.54) is 0 Å². The summed E-state index contributed by atoms with van der Waals surface area (Å²) in [5, 5.41) is 12.8. The van der Waals surface area contributed by atoms with Crippen molar-refractivity contribution in [3.05, 3.63) is 179 Å².